The van der Waals surface area contributed by atoms with Crippen molar-refractivity contribution in [2.45, 2.75) is 20.3 Å². The first-order valence-corrected chi connectivity index (χ1v) is 5.28. The molecule has 2 nitrogen and oxygen atoms in total. The zero-order valence-electron chi connectivity index (χ0n) is 9.45. The number of hydrogen-bond acceptors (Lipinski definition) is 1. The van der Waals surface area contributed by atoms with Crippen molar-refractivity contribution in [2.75, 3.05) is 0 Å². The van der Waals surface area contributed by atoms with Gasteiger partial charge in [-0.25, -0.2) is 0 Å². The van der Waals surface area contributed by atoms with Crippen LogP contribution in [-0.4, -0.2) is 11.1 Å². The molecule has 0 saturated heterocycles. The van der Waals surface area contributed by atoms with Crippen LogP contribution in [0.4, 0.5) is 0 Å². The topological polar surface area (TPSA) is 37.3 Å². The van der Waals surface area contributed by atoms with Gasteiger partial charge in [0.2, 0.25) is 0 Å². The highest BCUT2D eigenvalue weighted by molar-refractivity contribution is 5.85. The number of carbonyl (C=O) groups is 1. The van der Waals surface area contributed by atoms with Crippen LogP contribution in [0, 0.1) is 13.8 Å². The number of hydrogen-bond donors (Lipinski definition) is 1. The van der Waals surface area contributed by atoms with E-state index in [2.05, 4.69) is 26.0 Å². The highest BCUT2D eigenvalue weighted by Crippen LogP contribution is 2.20. The van der Waals surface area contributed by atoms with E-state index in [9.17, 15) is 4.79 Å². The summed E-state index contributed by atoms with van der Waals surface area (Å²) < 4.78 is 0. The van der Waals surface area contributed by atoms with E-state index < -0.39 is 5.97 Å². The van der Waals surface area contributed by atoms with Gasteiger partial charge < -0.3 is 5.11 Å². The van der Waals surface area contributed by atoms with Gasteiger partial charge in [0, 0.05) is 0 Å². The molecule has 0 spiro atoms. The second-order valence-corrected chi connectivity index (χ2v) is 4.19. The van der Waals surface area contributed by atoms with Crippen molar-refractivity contribution in [3.8, 4) is 0 Å². The largest absolute Gasteiger partial charge is 0.481 e. The van der Waals surface area contributed by atoms with E-state index in [0.29, 0.717) is 0 Å². The Morgan fingerprint density at radius 2 is 1.69 bits per heavy atom. The van der Waals surface area contributed by atoms with Crippen LogP contribution in [0.15, 0.2) is 30.3 Å². The lowest BCUT2D eigenvalue weighted by atomic mass is 10.00. The third-order valence-electron chi connectivity index (χ3n) is 2.87. The fourth-order valence-electron chi connectivity index (χ4n) is 1.86. The minimum atomic E-state index is -0.789. The van der Waals surface area contributed by atoms with Gasteiger partial charge in [0.15, 0.2) is 0 Å². The lowest BCUT2D eigenvalue weighted by Crippen LogP contribution is -1.99. The highest BCUT2D eigenvalue weighted by atomic mass is 16.4. The Bertz CT molecular complexity index is 556. The maximum absolute atomic E-state index is 10.6. The summed E-state index contributed by atoms with van der Waals surface area (Å²) in [6.07, 6.45) is 0.0862. The monoisotopic (exact) mass is 214 g/mol. The Morgan fingerprint density at radius 3 is 2.31 bits per heavy atom. The van der Waals surface area contributed by atoms with Crippen LogP contribution in [-0.2, 0) is 11.2 Å². The third-order valence-corrected chi connectivity index (χ3v) is 2.87. The van der Waals surface area contributed by atoms with Gasteiger partial charge in [-0.2, -0.15) is 0 Å². The van der Waals surface area contributed by atoms with E-state index in [0.717, 1.165) is 16.3 Å². The van der Waals surface area contributed by atoms with Crippen LogP contribution in [0.2, 0.25) is 0 Å². The quantitative estimate of drug-likeness (QED) is 0.834. The van der Waals surface area contributed by atoms with E-state index in [4.69, 9.17) is 5.11 Å². The zero-order chi connectivity index (χ0) is 11.7. The number of aliphatic carboxylic acids is 1. The molecule has 0 heterocycles. The van der Waals surface area contributed by atoms with E-state index in [1.54, 1.807) is 0 Å². The van der Waals surface area contributed by atoms with Gasteiger partial charge in [0.25, 0.3) is 0 Å². The number of carboxylic acids is 1. The fourth-order valence-corrected chi connectivity index (χ4v) is 1.86. The SMILES string of the molecule is Cc1cc2ccc(CC(=O)O)cc2cc1C. The number of benzene rings is 2. The predicted octanol–water partition coefficient (Wildman–Crippen LogP) is 3.08. The lowest BCUT2D eigenvalue weighted by Gasteiger charge is -2.05. The number of carboxylic acid groups (broad SMARTS) is 1. The van der Waals surface area contributed by atoms with Crippen molar-refractivity contribution in [2.24, 2.45) is 0 Å². The summed E-state index contributed by atoms with van der Waals surface area (Å²) in [5.41, 5.74) is 3.35. The molecule has 0 bridgehead atoms. The maximum atomic E-state index is 10.6. The van der Waals surface area contributed by atoms with Crippen molar-refractivity contribution in [1.82, 2.24) is 0 Å². The smallest absolute Gasteiger partial charge is 0.307 e. The first-order chi connectivity index (χ1) is 7.56. The van der Waals surface area contributed by atoms with Crippen LogP contribution < -0.4 is 0 Å². The van der Waals surface area contributed by atoms with Gasteiger partial charge >= 0.3 is 5.97 Å². The molecule has 16 heavy (non-hydrogen) atoms. The average molecular weight is 214 g/mol. The minimum Gasteiger partial charge on any atom is -0.481 e. The molecule has 0 atom stereocenters. The van der Waals surface area contributed by atoms with Crippen molar-refractivity contribution in [1.29, 1.82) is 0 Å². The minimum absolute atomic E-state index is 0.0862. The number of fused-ring (bicyclic) bond motifs is 1. The molecule has 0 saturated carbocycles. The fraction of sp³-hybridized carbons (Fsp3) is 0.214. The Labute approximate surface area is 94.5 Å². The Hall–Kier alpha value is -1.83. The second-order valence-electron chi connectivity index (χ2n) is 4.19. The van der Waals surface area contributed by atoms with Crippen LogP contribution >= 0.6 is 0 Å². The lowest BCUT2D eigenvalue weighted by molar-refractivity contribution is -0.136. The van der Waals surface area contributed by atoms with Crippen molar-refractivity contribution in [3.05, 3.63) is 47.0 Å². The summed E-state index contributed by atoms with van der Waals surface area (Å²) in [5, 5.41) is 11.0. The zero-order valence-corrected chi connectivity index (χ0v) is 9.45. The molecule has 82 valence electrons. The summed E-state index contributed by atoms with van der Waals surface area (Å²) in [4.78, 5) is 10.6. The number of rotatable bonds is 2. The van der Waals surface area contributed by atoms with E-state index in [1.807, 2.05) is 18.2 Å². The maximum Gasteiger partial charge on any atom is 0.307 e. The average Bonchev–Trinajstić information content (AvgIpc) is 2.19. The van der Waals surface area contributed by atoms with Gasteiger partial charge in [-0.05, 0) is 41.3 Å². The Kier molecular flexibility index (Phi) is 2.65. The summed E-state index contributed by atoms with van der Waals surface area (Å²) in [6.45, 7) is 4.15. The molecule has 1 N–H and O–H groups in total. The van der Waals surface area contributed by atoms with Gasteiger partial charge in [-0.1, -0.05) is 30.3 Å². The van der Waals surface area contributed by atoms with Gasteiger partial charge in [-0.3, -0.25) is 4.79 Å². The molecule has 0 radical (unpaired) electrons. The van der Waals surface area contributed by atoms with Gasteiger partial charge in [-0.15, -0.1) is 0 Å². The Morgan fingerprint density at radius 1 is 1.06 bits per heavy atom. The normalized spacial score (nSPS) is 10.6. The summed E-state index contributed by atoms with van der Waals surface area (Å²) in [6, 6.07) is 10.1. The molecule has 0 aliphatic rings. The molecule has 0 unspecified atom stereocenters. The van der Waals surface area contributed by atoms with Crippen LogP contribution in [0.5, 0.6) is 0 Å². The van der Waals surface area contributed by atoms with Crippen molar-refractivity contribution in [3.63, 3.8) is 0 Å². The third kappa shape index (κ3) is 2.06. The molecule has 0 aliphatic heterocycles. The van der Waals surface area contributed by atoms with Crippen LogP contribution in [0.1, 0.15) is 16.7 Å². The van der Waals surface area contributed by atoms with Crippen LogP contribution in [0.25, 0.3) is 10.8 Å². The first kappa shape index (κ1) is 10.7. The summed E-state index contributed by atoms with van der Waals surface area (Å²) in [5.74, 6) is -0.789. The molecule has 2 heteroatoms. The molecule has 0 aliphatic carbocycles. The molecular weight excluding hydrogens is 200 g/mol. The van der Waals surface area contributed by atoms with E-state index in [-0.39, 0.29) is 6.42 Å². The molecule has 2 aromatic carbocycles. The Balaban J connectivity index is 2.53. The molecule has 2 aromatic rings. The van der Waals surface area contributed by atoms with Crippen LogP contribution in [0.3, 0.4) is 0 Å². The second kappa shape index (κ2) is 3.97. The molecule has 2 rings (SSSR count). The van der Waals surface area contributed by atoms with E-state index >= 15 is 0 Å². The van der Waals surface area contributed by atoms with Crippen molar-refractivity contribution < 1.29 is 9.90 Å². The van der Waals surface area contributed by atoms with Crippen molar-refractivity contribution >= 4 is 16.7 Å². The van der Waals surface area contributed by atoms with E-state index in [1.165, 1.54) is 11.1 Å². The number of aryl methyl sites for hydroxylation is 2. The molecule has 0 fully saturated rings. The standard InChI is InChI=1S/C14H14O2/c1-9-5-12-4-3-11(8-14(15)16)7-13(12)6-10(9)2/h3-7H,8H2,1-2H3,(H,15,16). The molecular formula is C14H14O2. The molecule has 0 amide bonds. The predicted molar refractivity (Wildman–Crippen MR) is 64.8 cm³/mol. The summed E-state index contributed by atoms with van der Waals surface area (Å²) in [7, 11) is 0. The van der Waals surface area contributed by atoms with Gasteiger partial charge in [0.05, 0.1) is 6.42 Å². The first-order valence-electron chi connectivity index (χ1n) is 5.28. The van der Waals surface area contributed by atoms with Gasteiger partial charge in [0.1, 0.15) is 0 Å². The highest BCUT2D eigenvalue weighted by Gasteiger charge is 2.03. The summed E-state index contributed by atoms with van der Waals surface area (Å²) >= 11 is 0. The molecule has 0 aromatic heterocycles.